The molecule has 1 rings (SSSR count). The molecule has 18 heavy (non-hydrogen) atoms. The second kappa shape index (κ2) is 6.15. The van der Waals surface area contributed by atoms with Gasteiger partial charge >= 0.3 is 0 Å². The third kappa shape index (κ3) is 7.11. The zero-order valence-corrected chi connectivity index (χ0v) is 14.7. The summed E-state index contributed by atoms with van der Waals surface area (Å²) in [5.74, 6) is 0. The highest BCUT2D eigenvalue weighted by Gasteiger charge is 2.13. The normalized spacial score (nSPS) is 12.8. The predicted octanol–water partition coefficient (Wildman–Crippen LogP) is 3.54. The van der Waals surface area contributed by atoms with Crippen molar-refractivity contribution < 1.29 is 0 Å². The number of hydrogen-bond acceptors (Lipinski definition) is 2. The highest BCUT2D eigenvalue weighted by molar-refractivity contribution is 6.73. The molecule has 0 fully saturated rings. The van der Waals surface area contributed by atoms with Crippen LogP contribution in [0.5, 0.6) is 0 Å². The highest BCUT2D eigenvalue weighted by atomic mass is 28.3. The van der Waals surface area contributed by atoms with Crippen LogP contribution in [0.15, 0.2) is 24.3 Å². The maximum Gasteiger partial charge on any atom is 0.116 e. The summed E-state index contributed by atoms with van der Waals surface area (Å²) in [7, 11) is -2.33. The maximum absolute atomic E-state index is 3.66. The number of nitrogens with one attached hydrogen (secondary N) is 2. The smallest absolute Gasteiger partial charge is 0.116 e. The van der Waals surface area contributed by atoms with Gasteiger partial charge in [-0.3, -0.25) is 0 Å². The van der Waals surface area contributed by atoms with E-state index < -0.39 is 16.5 Å². The first-order chi connectivity index (χ1) is 8.16. The van der Waals surface area contributed by atoms with Gasteiger partial charge in [0.25, 0.3) is 0 Å². The minimum atomic E-state index is -1.16. The summed E-state index contributed by atoms with van der Waals surface area (Å²) in [6, 6.07) is 8.92. The van der Waals surface area contributed by atoms with Crippen molar-refractivity contribution in [2.75, 3.05) is 0 Å². The van der Waals surface area contributed by atoms with Crippen LogP contribution in [0.25, 0.3) is 0 Å². The summed E-state index contributed by atoms with van der Waals surface area (Å²) in [6.07, 6.45) is 0. The van der Waals surface area contributed by atoms with E-state index >= 15 is 0 Å². The van der Waals surface area contributed by atoms with Crippen molar-refractivity contribution in [3.8, 4) is 0 Å². The topological polar surface area (TPSA) is 24.1 Å². The molecule has 1 aromatic carbocycles. The van der Waals surface area contributed by atoms with Gasteiger partial charge in [-0.1, -0.05) is 63.5 Å². The molecule has 0 atom stereocenters. The zero-order chi connectivity index (χ0) is 13.8. The van der Waals surface area contributed by atoms with Crippen LogP contribution < -0.4 is 9.96 Å². The third-order valence-electron chi connectivity index (χ3n) is 2.64. The van der Waals surface area contributed by atoms with E-state index in [0.29, 0.717) is 0 Å². The lowest BCUT2D eigenvalue weighted by Gasteiger charge is -2.20. The molecule has 0 saturated carbocycles. The summed E-state index contributed by atoms with van der Waals surface area (Å²) >= 11 is 0. The molecule has 0 aromatic heterocycles. The van der Waals surface area contributed by atoms with Crippen molar-refractivity contribution in [1.29, 1.82) is 0 Å². The molecule has 2 N–H and O–H groups in total. The van der Waals surface area contributed by atoms with E-state index in [1.807, 2.05) is 0 Å². The van der Waals surface area contributed by atoms with Crippen LogP contribution in [0.4, 0.5) is 0 Å². The van der Waals surface area contributed by atoms with E-state index in [1.54, 1.807) is 0 Å². The van der Waals surface area contributed by atoms with Gasteiger partial charge in [-0.25, -0.2) is 0 Å². The average Bonchev–Trinajstić information content (AvgIpc) is 2.22. The van der Waals surface area contributed by atoms with Gasteiger partial charge in [-0.2, -0.15) is 0 Å². The lowest BCUT2D eigenvalue weighted by Crippen LogP contribution is -2.41. The molecule has 0 aliphatic carbocycles. The van der Waals surface area contributed by atoms with Crippen LogP contribution >= 0.6 is 0 Å². The van der Waals surface area contributed by atoms with E-state index in [4.69, 9.17) is 0 Å². The van der Waals surface area contributed by atoms with Crippen molar-refractivity contribution in [1.82, 2.24) is 9.96 Å². The van der Waals surface area contributed by atoms with Crippen LogP contribution in [-0.4, -0.2) is 16.5 Å². The van der Waals surface area contributed by atoms with E-state index in [1.165, 1.54) is 11.1 Å². The minimum Gasteiger partial charge on any atom is -0.334 e. The number of hydrogen-bond donors (Lipinski definition) is 2. The van der Waals surface area contributed by atoms with Gasteiger partial charge in [0, 0.05) is 13.1 Å². The monoisotopic (exact) mass is 280 g/mol. The molecule has 1 aromatic rings. The Morgan fingerprint density at radius 2 is 1.17 bits per heavy atom. The number of rotatable bonds is 6. The van der Waals surface area contributed by atoms with Crippen molar-refractivity contribution in [3.63, 3.8) is 0 Å². The van der Waals surface area contributed by atoms with Gasteiger partial charge in [0.1, 0.15) is 16.5 Å². The van der Waals surface area contributed by atoms with Crippen LogP contribution in [0.1, 0.15) is 11.1 Å². The first-order valence-corrected chi connectivity index (χ1v) is 13.7. The molecule has 2 nitrogen and oxygen atoms in total. The fourth-order valence-electron chi connectivity index (χ4n) is 1.58. The van der Waals surface area contributed by atoms with E-state index in [-0.39, 0.29) is 0 Å². The molecule has 0 bridgehead atoms. The SMILES string of the molecule is C[Si](C)(C)NCc1cccc(CN[Si](C)(C)C)c1. The zero-order valence-electron chi connectivity index (χ0n) is 12.7. The fourth-order valence-corrected chi connectivity index (χ4v) is 3.05. The largest absolute Gasteiger partial charge is 0.334 e. The Labute approximate surface area is 114 Å². The molecule has 0 aliphatic heterocycles. The summed E-state index contributed by atoms with van der Waals surface area (Å²) in [6.45, 7) is 16.0. The minimum absolute atomic E-state index is 0.997. The lowest BCUT2D eigenvalue weighted by atomic mass is 10.1. The Morgan fingerprint density at radius 3 is 1.50 bits per heavy atom. The van der Waals surface area contributed by atoms with Crippen LogP contribution in [0.2, 0.25) is 39.3 Å². The Balaban J connectivity index is 2.57. The Hall–Kier alpha value is -0.426. The molecule has 0 amide bonds. The molecule has 0 heterocycles. The summed E-state index contributed by atoms with van der Waals surface area (Å²) in [5.41, 5.74) is 2.79. The second-order valence-electron chi connectivity index (χ2n) is 7.03. The average molecular weight is 281 g/mol. The van der Waals surface area contributed by atoms with Gasteiger partial charge in [0.2, 0.25) is 0 Å². The van der Waals surface area contributed by atoms with Gasteiger partial charge < -0.3 is 9.96 Å². The first-order valence-electron chi connectivity index (χ1n) is 6.74. The predicted molar refractivity (Wildman–Crippen MR) is 86.8 cm³/mol. The van der Waals surface area contributed by atoms with Crippen molar-refractivity contribution in [2.24, 2.45) is 0 Å². The Morgan fingerprint density at radius 1 is 0.778 bits per heavy atom. The third-order valence-corrected chi connectivity index (χ3v) is 5.11. The van der Waals surface area contributed by atoms with Crippen LogP contribution in [-0.2, 0) is 13.1 Å². The standard InChI is InChI=1S/C14H28N2Si2/c1-17(2,3)15-11-13-8-7-9-14(10-13)12-16-18(4,5)6/h7-10,15-16H,11-12H2,1-6H3. The lowest BCUT2D eigenvalue weighted by molar-refractivity contribution is 0.887. The fraction of sp³-hybridized carbons (Fsp3) is 0.571. The van der Waals surface area contributed by atoms with Gasteiger partial charge in [0.15, 0.2) is 0 Å². The summed E-state index contributed by atoms with van der Waals surface area (Å²) in [5, 5.41) is 0. The number of benzene rings is 1. The molecule has 0 radical (unpaired) electrons. The Bertz CT molecular complexity index is 345. The molecular weight excluding hydrogens is 252 g/mol. The Kier molecular flexibility index (Phi) is 5.34. The van der Waals surface area contributed by atoms with Gasteiger partial charge in [-0.15, -0.1) is 0 Å². The van der Waals surface area contributed by atoms with E-state index in [0.717, 1.165) is 13.1 Å². The van der Waals surface area contributed by atoms with Crippen molar-refractivity contribution in [2.45, 2.75) is 52.4 Å². The van der Waals surface area contributed by atoms with Gasteiger partial charge in [-0.05, 0) is 11.1 Å². The van der Waals surface area contributed by atoms with Crippen LogP contribution in [0.3, 0.4) is 0 Å². The van der Waals surface area contributed by atoms with Crippen LogP contribution in [0, 0.1) is 0 Å². The first kappa shape index (κ1) is 15.6. The molecule has 4 heteroatoms. The molecular formula is C14H28N2Si2. The molecule has 0 aliphatic rings. The van der Waals surface area contributed by atoms with Crippen molar-refractivity contribution in [3.05, 3.63) is 35.4 Å². The van der Waals surface area contributed by atoms with Gasteiger partial charge in [0.05, 0.1) is 0 Å². The quantitative estimate of drug-likeness (QED) is 0.779. The molecule has 102 valence electrons. The highest BCUT2D eigenvalue weighted by Crippen LogP contribution is 2.08. The van der Waals surface area contributed by atoms with E-state index in [9.17, 15) is 0 Å². The molecule has 0 unspecified atom stereocenters. The second-order valence-corrected chi connectivity index (χ2v) is 16.7. The summed E-state index contributed by atoms with van der Waals surface area (Å²) < 4.78 is 0. The van der Waals surface area contributed by atoms with Crippen molar-refractivity contribution >= 4 is 16.5 Å². The molecule has 0 saturated heterocycles. The molecule has 0 spiro atoms. The van der Waals surface area contributed by atoms with E-state index in [2.05, 4.69) is 73.5 Å². The maximum atomic E-state index is 3.66. The summed E-state index contributed by atoms with van der Waals surface area (Å²) in [4.78, 5) is 7.33.